The number of halogens is 2. The summed E-state index contributed by atoms with van der Waals surface area (Å²) in [7, 11) is 1.37. The predicted molar refractivity (Wildman–Crippen MR) is 202 cm³/mol. The zero-order chi connectivity index (χ0) is 39.5. The number of nitrogens with two attached hydrogens (primary N) is 1. The van der Waals surface area contributed by atoms with Crippen LogP contribution in [0.4, 0.5) is 19.4 Å². The van der Waals surface area contributed by atoms with Gasteiger partial charge in [0.25, 0.3) is 5.91 Å². The first-order valence-electron chi connectivity index (χ1n) is 18.7. The highest BCUT2D eigenvalue weighted by Gasteiger charge is 2.47. The summed E-state index contributed by atoms with van der Waals surface area (Å²) in [5.74, 6) is 0.458. The van der Waals surface area contributed by atoms with E-state index in [4.69, 9.17) is 26.6 Å². The van der Waals surface area contributed by atoms with E-state index in [1.807, 2.05) is 4.90 Å². The molecule has 0 spiro atoms. The standard InChI is InChI=1S/C40H41F2N9O5/c1-4-26-28(41)8-5-22-13-25(52)14-27(30(22)26)33-32(42)34-31(37(46-33)55-3)36(48-38(47-34)56-20-40(10-11-40)19-49-12-9-21(2)16-49)50-17-23-6-7-24(18-50)51(23)39(54)45-29(15-43)35(44)53/h1,5,8,13-14,21,23-24,29,52H,6-7,9-12,16-20H2,2-3H3,(H2,44,53)(H,45,54). The lowest BCUT2D eigenvalue weighted by Crippen LogP contribution is -2.60. The highest BCUT2D eigenvalue weighted by molar-refractivity contribution is 6.04. The summed E-state index contributed by atoms with van der Waals surface area (Å²) in [6, 6.07) is 4.16. The monoisotopic (exact) mass is 765 g/mol. The van der Waals surface area contributed by atoms with Gasteiger partial charge < -0.3 is 40.3 Å². The second-order valence-electron chi connectivity index (χ2n) is 15.5. The van der Waals surface area contributed by atoms with E-state index < -0.39 is 29.6 Å². The van der Waals surface area contributed by atoms with Crippen LogP contribution in [0.2, 0.25) is 0 Å². The molecule has 16 heteroatoms. The van der Waals surface area contributed by atoms with Gasteiger partial charge in [-0.2, -0.15) is 15.2 Å². The third-order valence-electron chi connectivity index (χ3n) is 11.6. The second kappa shape index (κ2) is 14.3. The van der Waals surface area contributed by atoms with Crippen LogP contribution >= 0.6 is 0 Å². The molecule has 1 aliphatic carbocycles. The number of likely N-dealkylation sites (tertiary alicyclic amines) is 1. The lowest BCUT2D eigenvalue weighted by atomic mass is 9.95. The van der Waals surface area contributed by atoms with E-state index in [0.29, 0.717) is 30.8 Å². The fourth-order valence-electron chi connectivity index (χ4n) is 8.63. The number of nitriles is 1. The number of carbonyl (C=O) groups is 2. The van der Waals surface area contributed by atoms with Crippen LogP contribution in [0.15, 0.2) is 24.3 Å². The first-order chi connectivity index (χ1) is 26.9. The Balaban J connectivity index is 1.22. The number of pyridine rings is 1. The Morgan fingerprint density at radius 3 is 2.50 bits per heavy atom. The molecule has 2 bridgehead atoms. The van der Waals surface area contributed by atoms with Crippen molar-refractivity contribution in [1.29, 1.82) is 5.26 Å². The summed E-state index contributed by atoms with van der Waals surface area (Å²) in [5, 5.41) is 23.2. The topological polar surface area (TPSA) is 183 Å². The second-order valence-corrected chi connectivity index (χ2v) is 15.5. The number of hydrogen-bond acceptors (Lipinski definition) is 11. The average Bonchev–Trinajstić information content (AvgIpc) is 3.74. The van der Waals surface area contributed by atoms with Crippen molar-refractivity contribution in [2.75, 3.05) is 51.3 Å². The molecule has 0 radical (unpaired) electrons. The maximum absolute atomic E-state index is 17.3. The fourth-order valence-corrected chi connectivity index (χ4v) is 8.63. The van der Waals surface area contributed by atoms with E-state index in [1.165, 1.54) is 31.4 Å². The number of hydrogen-bond donors (Lipinski definition) is 3. The fraction of sp³-hybridized carbons (Fsp3) is 0.450. The number of urea groups is 1. The van der Waals surface area contributed by atoms with Crippen molar-refractivity contribution in [1.82, 2.24) is 30.1 Å². The number of nitrogens with one attached hydrogen (secondary N) is 1. The van der Waals surface area contributed by atoms with Crippen LogP contribution in [0, 0.1) is 46.6 Å². The van der Waals surface area contributed by atoms with Crippen LogP contribution in [0.1, 0.15) is 44.6 Å². The third-order valence-corrected chi connectivity index (χ3v) is 11.6. The summed E-state index contributed by atoms with van der Waals surface area (Å²) in [6.07, 6.45) is 10.1. The SMILES string of the molecule is C#Cc1c(F)ccc2cc(O)cc(-c3nc(OC)c4c(N5CC6CCC(C5)N6C(=O)NC(C#N)C(N)=O)nc(OCC5(CN6CCC(C)C6)CC5)nc4c3F)c12. The number of rotatable bonds is 10. The number of amides is 3. The Bertz CT molecular complexity index is 2350. The van der Waals surface area contributed by atoms with Gasteiger partial charge in [-0.05, 0) is 68.2 Å². The van der Waals surface area contributed by atoms with Gasteiger partial charge in [0.15, 0.2) is 11.9 Å². The van der Waals surface area contributed by atoms with Crippen LogP contribution in [-0.4, -0.2) is 106 Å². The number of piperazine rings is 1. The molecule has 4 unspecified atom stereocenters. The quantitative estimate of drug-likeness (QED) is 0.198. The molecule has 14 nitrogen and oxygen atoms in total. The molecule has 2 aromatic carbocycles. The number of anilines is 1. The summed E-state index contributed by atoms with van der Waals surface area (Å²) in [6.45, 7) is 6.02. The minimum Gasteiger partial charge on any atom is -0.508 e. The molecule has 3 amide bonds. The van der Waals surface area contributed by atoms with Crippen molar-refractivity contribution in [3.8, 4) is 47.3 Å². The van der Waals surface area contributed by atoms with E-state index in [0.717, 1.165) is 38.9 Å². The van der Waals surface area contributed by atoms with Gasteiger partial charge >= 0.3 is 12.0 Å². The molecule has 4 fully saturated rings. The van der Waals surface area contributed by atoms with Crippen molar-refractivity contribution in [3.63, 3.8) is 0 Å². The van der Waals surface area contributed by atoms with Gasteiger partial charge in [0.2, 0.25) is 5.88 Å². The van der Waals surface area contributed by atoms with Crippen LogP contribution in [0.25, 0.3) is 32.9 Å². The average molecular weight is 766 g/mol. The molecule has 8 rings (SSSR count). The van der Waals surface area contributed by atoms with Gasteiger partial charge in [-0.1, -0.05) is 18.9 Å². The molecule has 5 heterocycles. The third kappa shape index (κ3) is 6.57. The van der Waals surface area contributed by atoms with E-state index in [2.05, 4.69) is 33.0 Å². The van der Waals surface area contributed by atoms with Gasteiger partial charge in [0.1, 0.15) is 34.0 Å². The number of aromatic hydroxyl groups is 1. The van der Waals surface area contributed by atoms with Crippen molar-refractivity contribution >= 4 is 39.4 Å². The maximum Gasteiger partial charge on any atom is 0.319 e. The Labute approximate surface area is 321 Å². The number of terminal acetylenes is 1. The largest absolute Gasteiger partial charge is 0.508 e. The van der Waals surface area contributed by atoms with E-state index in [1.54, 1.807) is 11.0 Å². The minimum atomic E-state index is -1.49. The smallest absolute Gasteiger partial charge is 0.319 e. The number of methoxy groups -OCH3 is 1. The number of ether oxygens (including phenoxy) is 2. The summed E-state index contributed by atoms with van der Waals surface area (Å²) >= 11 is 0. The molecule has 3 saturated heterocycles. The van der Waals surface area contributed by atoms with Crippen molar-refractivity contribution < 1.29 is 33.0 Å². The molecular weight excluding hydrogens is 724 g/mol. The van der Waals surface area contributed by atoms with Crippen LogP contribution in [0.5, 0.6) is 17.6 Å². The van der Waals surface area contributed by atoms with E-state index in [-0.39, 0.29) is 87.2 Å². The van der Waals surface area contributed by atoms with Crippen LogP contribution in [-0.2, 0) is 4.79 Å². The maximum atomic E-state index is 17.3. The molecule has 290 valence electrons. The molecule has 1 saturated carbocycles. The highest BCUT2D eigenvalue weighted by atomic mass is 19.1. The predicted octanol–water partition coefficient (Wildman–Crippen LogP) is 4.06. The molecule has 4 N–H and O–H groups in total. The van der Waals surface area contributed by atoms with Gasteiger partial charge in [0, 0.05) is 42.5 Å². The molecule has 4 aliphatic rings. The van der Waals surface area contributed by atoms with Gasteiger partial charge in [-0.15, -0.1) is 6.42 Å². The first-order valence-corrected chi connectivity index (χ1v) is 18.7. The van der Waals surface area contributed by atoms with E-state index in [9.17, 15) is 20.0 Å². The lowest BCUT2D eigenvalue weighted by Gasteiger charge is -2.41. The highest BCUT2D eigenvalue weighted by Crippen LogP contribution is 2.48. The van der Waals surface area contributed by atoms with Gasteiger partial charge in [0.05, 0.1) is 37.4 Å². The zero-order valence-electron chi connectivity index (χ0n) is 31.0. The molecular formula is C40H41F2N9O5. The summed E-state index contributed by atoms with van der Waals surface area (Å²) in [4.78, 5) is 45.1. The Morgan fingerprint density at radius 1 is 1.12 bits per heavy atom. The minimum absolute atomic E-state index is 0.0360. The number of benzene rings is 2. The number of aromatic nitrogens is 3. The first kappa shape index (κ1) is 36.9. The summed E-state index contributed by atoms with van der Waals surface area (Å²) < 4.78 is 44.5. The molecule has 4 atom stereocenters. The Kier molecular flexibility index (Phi) is 9.40. The Morgan fingerprint density at radius 2 is 1.88 bits per heavy atom. The summed E-state index contributed by atoms with van der Waals surface area (Å²) in [5.41, 5.74) is 4.68. The normalized spacial score (nSPS) is 21.8. The number of phenols is 1. The molecule has 56 heavy (non-hydrogen) atoms. The Hall–Kier alpha value is -6.00. The molecule has 2 aromatic heterocycles. The van der Waals surface area contributed by atoms with Crippen LogP contribution < -0.4 is 25.4 Å². The van der Waals surface area contributed by atoms with Crippen molar-refractivity contribution in [2.45, 2.75) is 57.2 Å². The number of nitrogens with zero attached hydrogens (tertiary/aromatic N) is 7. The van der Waals surface area contributed by atoms with E-state index >= 15 is 8.78 Å². The molecule has 3 aliphatic heterocycles. The van der Waals surface area contributed by atoms with Crippen molar-refractivity contribution in [3.05, 3.63) is 41.5 Å². The van der Waals surface area contributed by atoms with Crippen molar-refractivity contribution in [2.24, 2.45) is 17.1 Å². The number of primary amides is 1. The zero-order valence-corrected chi connectivity index (χ0v) is 31.0. The van der Waals surface area contributed by atoms with Crippen LogP contribution in [0.3, 0.4) is 0 Å². The number of phenolic OH excluding ortho intramolecular Hbond substituents is 1. The van der Waals surface area contributed by atoms with Gasteiger partial charge in [-0.25, -0.2) is 18.6 Å². The number of fused-ring (bicyclic) bond motifs is 4. The lowest BCUT2D eigenvalue weighted by molar-refractivity contribution is -0.118. The van der Waals surface area contributed by atoms with Gasteiger partial charge in [-0.3, -0.25) is 4.79 Å². The number of carbonyl (C=O) groups excluding carboxylic acids is 2. The molecule has 4 aromatic rings.